The van der Waals surface area contributed by atoms with Gasteiger partial charge in [0.25, 0.3) is 5.91 Å². The van der Waals surface area contributed by atoms with Gasteiger partial charge in [0, 0.05) is 5.56 Å². The maximum atomic E-state index is 12.4. The summed E-state index contributed by atoms with van der Waals surface area (Å²) >= 11 is 0. The highest BCUT2D eigenvalue weighted by Crippen LogP contribution is 2.29. The molecule has 1 fully saturated rings. The third-order valence-electron chi connectivity index (χ3n) is 4.71. The van der Waals surface area contributed by atoms with E-state index in [9.17, 15) is 9.59 Å². The SMILES string of the molecule is COc1ccc(OC)c([C@@H](C)NC(=O)C[NH+]2CCC[C@H](C(N)=O)C2)c1. The first-order valence-corrected chi connectivity index (χ1v) is 8.58. The van der Waals surface area contributed by atoms with Gasteiger partial charge in [-0.05, 0) is 38.0 Å². The fraction of sp³-hybridized carbons (Fsp3) is 0.556. The van der Waals surface area contributed by atoms with Crippen molar-refractivity contribution in [2.45, 2.75) is 25.8 Å². The monoisotopic (exact) mass is 350 g/mol. The fourth-order valence-corrected chi connectivity index (χ4v) is 3.33. The van der Waals surface area contributed by atoms with Gasteiger partial charge >= 0.3 is 0 Å². The number of rotatable bonds is 7. The molecular weight excluding hydrogens is 322 g/mol. The Kier molecular flexibility index (Phi) is 6.64. The molecular formula is C18H28N3O4+. The number of carbonyl (C=O) groups is 2. The number of nitrogens with two attached hydrogens (primary N) is 1. The number of amides is 2. The molecule has 0 saturated carbocycles. The molecule has 7 nitrogen and oxygen atoms in total. The van der Waals surface area contributed by atoms with Gasteiger partial charge in [-0.2, -0.15) is 0 Å². The Morgan fingerprint density at radius 3 is 2.76 bits per heavy atom. The maximum Gasteiger partial charge on any atom is 0.275 e. The minimum Gasteiger partial charge on any atom is -0.497 e. The Labute approximate surface area is 148 Å². The molecule has 1 aliphatic rings. The van der Waals surface area contributed by atoms with E-state index in [1.807, 2.05) is 25.1 Å². The smallest absolute Gasteiger partial charge is 0.275 e. The highest BCUT2D eigenvalue weighted by atomic mass is 16.5. The predicted molar refractivity (Wildman–Crippen MR) is 93.6 cm³/mol. The molecule has 2 rings (SSSR count). The molecule has 138 valence electrons. The number of hydrogen-bond acceptors (Lipinski definition) is 4. The molecule has 2 amide bonds. The number of carbonyl (C=O) groups excluding carboxylic acids is 2. The van der Waals surface area contributed by atoms with E-state index < -0.39 is 0 Å². The summed E-state index contributed by atoms with van der Waals surface area (Å²) in [6.07, 6.45) is 1.73. The van der Waals surface area contributed by atoms with Crippen LogP contribution in [0.3, 0.4) is 0 Å². The van der Waals surface area contributed by atoms with Crippen molar-refractivity contribution in [3.8, 4) is 11.5 Å². The van der Waals surface area contributed by atoms with Gasteiger partial charge in [0.15, 0.2) is 6.54 Å². The normalized spacial score (nSPS) is 21.2. The Morgan fingerprint density at radius 1 is 1.36 bits per heavy atom. The molecule has 0 aliphatic carbocycles. The zero-order valence-electron chi connectivity index (χ0n) is 15.1. The van der Waals surface area contributed by atoms with Crippen molar-refractivity contribution in [1.82, 2.24) is 5.32 Å². The lowest BCUT2D eigenvalue weighted by Crippen LogP contribution is -3.15. The van der Waals surface area contributed by atoms with Crippen LogP contribution in [0.4, 0.5) is 0 Å². The Hall–Kier alpha value is -2.28. The summed E-state index contributed by atoms with van der Waals surface area (Å²) in [4.78, 5) is 24.9. The number of likely N-dealkylation sites (tertiary alicyclic amines) is 1. The van der Waals surface area contributed by atoms with Crippen LogP contribution in [0.15, 0.2) is 18.2 Å². The lowest BCUT2D eigenvalue weighted by atomic mass is 9.97. The number of hydrogen-bond donors (Lipinski definition) is 3. The molecule has 25 heavy (non-hydrogen) atoms. The van der Waals surface area contributed by atoms with Crippen LogP contribution >= 0.6 is 0 Å². The zero-order chi connectivity index (χ0) is 18.4. The van der Waals surface area contributed by atoms with E-state index in [0.29, 0.717) is 24.6 Å². The van der Waals surface area contributed by atoms with E-state index in [1.54, 1.807) is 14.2 Å². The van der Waals surface area contributed by atoms with Gasteiger partial charge in [-0.1, -0.05) is 0 Å². The van der Waals surface area contributed by atoms with Gasteiger partial charge < -0.3 is 25.4 Å². The number of piperidine rings is 1. The van der Waals surface area contributed by atoms with Gasteiger partial charge in [0.2, 0.25) is 5.91 Å². The molecule has 1 saturated heterocycles. The number of methoxy groups -OCH3 is 2. The molecule has 3 atom stereocenters. The van der Waals surface area contributed by atoms with Gasteiger partial charge in [0.1, 0.15) is 11.5 Å². The van der Waals surface area contributed by atoms with Crippen LogP contribution in [0.25, 0.3) is 0 Å². The van der Waals surface area contributed by atoms with E-state index in [4.69, 9.17) is 15.2 Å². The third kappa shape index (κ3) is 5.09. The van der Waals surface area contributed by atoms with E-state index in [-0.39, 0.29) is 23.8 Å². The summed E-state index contributed by atoms with van der Waals surface area (Å²) in [5.74, 6) is 0.951. The molecule has 7 heteroatoms. The Balaban J connectivity index is 1.97. The van der Waals surface area contributed by atoms with Crippen molar-refractivity contribution in [3.05, 3.63) is 23.8 Å². The molecule has 1 unspecified atom stereocenters. The van der Waals surface area contributed by atoms with Crippen molar-refractivity contribution >= 4 is 11.8 Å². The molecule has 0 bridgehead atoms. The second kappa shape index (κ2) is 8.71. The number of nitrogens with one attached hydrogen (secondary N) is 2. The first-order valence-electron chi connectivity index (χ1n) is 8.58. The zero-order valence-corrected chi connectivity index (χ0v) is 15.1. The number of quaternary nitrogens is 1. The van der Waals surface area contributed by atoms with Crippen molar-refractivity contribution < 1.29 is 24.0 Å². The second-order valence-electron chi connectivity index (χ2n) is 6.52. The summed E-state index contributed by atoms with van der Waals surface area (Å²) in [5, 5.41) is 3.00. The topological polar surface area (TPSA) is 95.1 Å². The highest BCUT2D eigenvalue weighted by molar-refractivity contribution is 5.78. The lowest BCUT2D eigenvalue weighted by molar-refractivity contribution is -0.899. The molecule has 4 N–H and O–H groups in total. The van der Waals surface area contributed by atoms with E-state index in [1.165, 1.54) is 0 Å². The second-order valence-corrected chi connectivity index (χ2v) is 6.52. The standard InChI is InChI=1S/C18H27N3O4/c1-12(15-9-14(24-2)6-7-16(15)25-3)20-17(22)11-21-8-4-5-13(10-21)18(19)23/h6-7,9,12-13H,4-5,8,10-11H2,1-3H3,(H2,19,23)(H,20,22)/p+1/t12-,13+/m1/s1. The molecule has 1 aromatic carbocycles. The van der Waals surface area contributed by atoms with Crippen molar-refractivity contribution in [2.24, 2.45) is 11.7 Å². The lowest BCUT2D eigenvalue weighted by Gasteiger charge is -2.28. The van der Waals surface area contributed by atoms with E-state index in [0.717, 1.165) is 29.8 Å². The Bertz CT molecular complexity index is 620. The average molecular weight is 350 g/mol. The summed E-state index contributed by atoms with van der Waals surface area (Å²) in [6.45, 7) is 3.75. The molecule has 0 spiro atoms. The van der Waals surface area contributed by atoms with Crippen molar-refractivity contribution in [1.29, 1.82) is 0 Å². The summed E-state index contributed by atoms with van der Waals surface area (Å²) < 4.78 is 10.6. The molecule has 1 aliphatic heterocycles. The van der Waals surface area contributed by atoms with Crippen molar-refractivity contribution in [3.63, 3.8) is 0 Å². The summed E-state index contributed by atoms with van der Waals surface area (Å²) in [6, 6.07) is 5.29. The van der Waals surface area contributed by atoms with Crippen LogP contribution in [0.2, 0.25) is 0 Å². The van der Waals surface area contributed by atoms with Crippen LogP contribution < -0.4 is 25.4 Å². The Morgan fingerprint density at radius 2 is 2.12 bits per heavy atom. The van der Waals surface area contributed by atoms with Gasteiger partial charge in [0.05, 0.1) is 39.3 Å². The summed E-state index contributed by atoms with van der Waals surface area (Å²) in [7, 11) is 3.20. The minimum atomic E-state index is -0.271. The molecule has 0 radical (unpaired) electrons. The third-order valence-corrected chi connectivity index (χ3v) is 4.71. The molecule has 1 heterocycles. The average Bonchev–Trinajstić information content (AvgIpc) is 2.61. The summed E-state index contributed by atoms with van der Waals surface area (Å²) in [5.41, 5.74) is 6.26. The maximum absolute atomic E-state index is 12.4. The number of primary amides is 1. The molecule has 0 aromatic heterocycles. The first-order chi connectivity index (χ1) is 11.9. The van der Waals surface area contributed by atoms with Crippen LogP contribution in [0.5, 0.6) is 11.5 Å². The van der Waals surface area contributed by atoms with E-state index >= 15 is 0 Å². The van der Waals surface area contributed by atoms with Crippen LogP contribution in [-0.4, -0.2) is 45.7 Å². The van der Waals surface area contributed by atoms with Crippen LogP contribution in [-0.2, 0) is 9.59 Å². The van der Waals surface area contributed by atoms with Gasteiger partial charge in [-0.25, -0.2) is 0 Å². The minimum absolute atomic E-state index is 0.0579. The van der Waals surface area contributed by atoms with Crippen LogP contribution in [0, 0.1) is 5.92 Å². The quantitative estimate of drug-likeness (QED) is 0.627. The first kappa shape index (κ1) is 19.1. The number of ether oxygens (including phenoxy) is 2. The largest absolute Gasteiger partial charge is 0.497 e. The van der Waals surface area contributed by atoms with Gasteiger partial charge in [-0.15, -0.1) is 0 Å². The molecule has 1 aromatic rings. The van der Waals surface area contributed by atoms with Gasteiger partial charge in [-0.3, -0.25) is 9.59 Å². The number of benzene rings is 1. The fourth-order valence-electron chi connectivity index (χ4n) is 3.33. The highest BCUT2D eigenvalue weighted by Gasteiger charge is 2.28. The van der Waals surface area contributed by atoms with Crippen molar-refractivity contribution in [2.75, 3.05) is 33.9 Å². The predicted octanol–water partition coefficient (Wildman–Crippen LogP) is -0.339. The van der Waals surface area contributed by atoms with E-state index in [2.05, 4.69) is 5.32 Å². The van der Waals surface area contributed by atoms with Crippen LogP contribution in [0.1, 0.15) is 31.4 Å².